The van der Waals surface area contributed by atoms with E-state index in [2.05, 4.69) is 17.4 Å². The summed E-state index contributed by atoms with van der Waals surface area (Å²) in [6.07, 6.45) is 0. The maximum absolute atomic E-state index is 6.36. The van der Waals surface area contributed by atoms with Crippen molar-refractivity contribution < 1.29 is 9.47 Å². The van der Waals surface area contributed by atoms with Crippen LogP contribution in [0.5, 0.6) is 0 Å². The number of hydrogen-bond donors (Lipinski definition) is 1. The first kappa shape index (κ1) is 14.8. The Bertz CT molecular complexity index is 515. The van der Waals surface area contributed by atoms with Gasteiger partial charge in [0.1, 0.15) is 0 Å². The Morgan fingerprint density at radius 1 is 1.21 bits per heavy atom. The van der Waals surface area contributed by atoms with Crippen LogP contribution in [0.25, 0.3) is 10.1 Å². The number of methoxy groups -OCH3 is 1. The Kier molecular flexibility index (Phi) is 6.07. The number of fused-ring (bicyclic) bond motifs is 1. The minimum atomic E-state index is 0.641. The second kappa shape index (κ2) is 7.82. The zero-order valence-corrected chi connectivity index (χ0v) is 12.5. The molecular weight excluding hydrogens is 282 g/mol. The maximum Gasteiger partial charge on any atom is 0.0700 e. The quantitative estimate of drug-likeness (QED) is 0.759. The van der Waals surface area contributed by atoms with E-state index in [1.54, 1.807) is 18.4 Å². The Morgan fingerprint density at radius 2 is 2.05 bits per heavy atom. The zero-order chi connectivity index (χ0) is 13.5. The van der Waals surface area contributed by atoms with Crippen molar-refractivity contribution >= 4 is 33.0 Å². The van der Waals surface area contributed by atoms with E-state index in [-0.39, 0.29) is 0 Å². The standard InChI is InChI=1S/C14H18ClNO2S/c1-17-8-9-18-7-6-16-10-13-14(15)11-4-2-3-5-12(11)19-13/h2-5,16H,6-10H2,1H3. The van der Waals surface area contributed by atoms with E-state index in [1.807, 2.05) is 12.1 Å². The summed E-state index contributed by atoms with van der Waals surface area (Å²) in [5, 5.41) is 5.35. The topological polar surface area (TPSA) is 30.5 Å². The largest absolute Gasteiger partial charge is 0.382 e. The number of nitrogens with one attached hydrogen (secondary N) is 1. The smallest absolute Gasteiger partial charge is 0.0700 e. The van der Waals surface area contributed by atoms with Crippen LogP contribution in [-0.2, 0) is 16.0 Å². The van der Waals surface area contributed by atoms with E-state index in [1.165, 1.54) is 9.58 Å². The van der Waals surface area contributed by atoms with Gasteiger partial charge in [-0.05, 0) is 6.07 Å². The molecule has 3 nitrogen and oxygen atoms in total. The molecule has 0 saturated heterocycles. The highest BCUT2D eigenvalue weighted by atomic mass is 35.5. The van der Waals surface area contributed by atoms with Crippen molar-refractivity contribution in [3.63, 3.8) is 0 Å². The molecule has 0 atom stereocenters. The van der Waals surface area contributed by atoms with Crippen molar-refractivity contribution in [2.75, 3.05) is 33.5 Å². The molecular formula is C14H18ClNO2S. The SMILES string of the molecule is COCCOCCNCc1sc2ccccc2c1Cl. The minimum absolute atomic E-state index is 0.641. The molecule has 0 unspecified atom stereocenters. The molecule has 0 aliphatic carbocycles. The number of ether oxygens (including phenoxy) is 2. The predicted octanol–water partition coefficient (Wildman–Crippen LogP) is 3.31. The molecule has 0 fully saturated rings. The van der Waals surface area contributed by atoms with Crippen LogP contribution in [0.3, 0.4) is 0 Å². The highest BCUT2D eigenvalue weighted by Gasteiger charge is 2.08. The Hall–Kier alpha value is -0.650. The van der Waals surface area contributed by atoms with Crippen LogP contribution >= 0.6 is 22.9 Å². The molecule has 19 heavy (non-hydrogen) atoms. The lowest BCUT2D eigenvalue weighted by Crippen LogP contribution is -2.19. The van der Waals surface area contributed by atoms with Crippen LogP contribution in [-0.4, -0.2) is 33.5 Å². The summed E-state index contributed by atoms with van der Waals surface area (Å²) in [6, 6.07) is 8.21. The first-order valence-corrected chi connectivity index (χ1v) is 7.45. The summed E-state index contributed by atoms with van der Waals surface area (Å²) >= 11 is 8.10. The first-order valence-electron chi connectivity index (χ1n) is 6.26. The molecule has 0 amide bonds. The molecule has 104 valence electrons. The number of rotatable bonds is 8. The highest BCUT2D eigenvalue weighted by Crippen LogP contribution is 2.34. The van der Waals surface area contributed by atoms with Gasteiger partial charge >= 0.3 is 0 Å². The summed E-state index contributed by atoms with van der Waals surface area (Å²) < 4.78 is 11.5. The normalized spacial score (nSPS) is 11.3. The van der Waals surface area contributed by atoms with E-state index < -0.39 is 0 Å². The summed E-state index contributed by atoms with van der Waals surface area (Å²) in [6.45, 7) is 3.57. The summed E-state index contributed by atoms with van der Waals surface area (Å²) in [5.74, 6) is 0. The van der Waals surface area contributed by atoms with E-state index in [9.17, 15) is 0 Å². The number of benzene rings is 1. The molecule has 0 spiro atoms. The van der Waals surface area contributed by atoms with Crippen molar-refractivity contribution in [3.8, 4) is 0 Å². The monoisotopic (exact) mass is 299 g/mol. The molecule has 0 bridgehead atoms. The van der Waals surface area contributed by atoms with E-state index in [4.69, 9.17) is 21.1 Å². The van der Waals surface area contributed by atoms with Crippen LogP contribution in [0.15, 0.2) is 24.3 Å². The van der Waals surface area contributed by atoms with Crippen LogP contribution in [0.1, 0.15) is 4.88 Å². The molecule has 1 N–H and O–H groups in total. The Morgan fingerprint density at radius 3 is 2.84 bits per heavy atom. The second-order valence-electron chi connectivity index (χ2n) is 4.12. The average Bonchev–Trinajstić information content (AvgIpc) is 2.75. The van der Waals surface area contributed by atoms with Crippen LogP contribution in [0.4, 0.5) is 0 Å². The minimum Gasteiger partial charge on any atom is -0.382 e. The molecule has 1 aromatic heterocycles. The first-order chi connectivity index (χ1) is 9.33. The van der Waals surface area contributed by atoms with Gasteiger partial charge in [0.2, 0.25) is 0 Å². The molecule has 2 aromatic rings. The van der Waals surface area contributed by atoms with Gasteiger partial charge in [0, 0.05) is 35.2 Å². The average molecular weight is 300 g/mol. The lowest BCUT2D eigenvalue weighted by Gasteiger charge is -2.05. The highest BCUT2D eigenvalue weighted by molar-refractivity contribution is 7.19. The van der Waals surface area contributed by atoms with Crippen molar-refractivity contribution in [1.29, 1.82) is 0 Å². The van der Waals surface area contributed by atoms with Crippen molar-refractivity contribution in [2.45, 2.75) is 6.54 Å². The lowest BCUT2D eigenvalue weighted by atomic mass is 10.2. The van der Waals surface area contributed by atoms with Crippen molar-refractivity contribution in [1.82, 2.24) is 5.32 Å². The van der Waals surface area contributed by atoms with Gasteiger partial charge < -0.3 is 14.8 Å². The predicted molar refractivity (Wildman–Crippen MR) is 81.2 cm³/mol. The van der Waals surface area contributed by atoms with Crippen LogP contribution < -0.4 is 5.32 Å². The molecule has 0 aliphatic heterocycles. The van der Waals surface area contributed by atoms with Gasteiger partial charge in [0.25, 0.3) is 0 Å². The van der Waals surface area contributed by atoms with Crippen LogP contribution in [0.2, 0.25) is 5.02 Å². The maximum atomic E-state index is 6.36. The Labute approximate surface area is 122 Å². The number of thiophene rings is 1. The second-order valence-corrected chi connectivity index (χ2v) is 5.63. The fourth-order valence-electron chi connectivity index (χ4n) is 1.77. The molecule has 0 aliphatic rings. The number of halogens is 1. The van der Waals surface area contributed by atoms with Gasteiger partial charge in [0.05, 0.1) is 24.8 Å². The molecule has 1 aromatic carbocycles. The third-order valence-corrected chi connectivity index (χ3v) is 4.46. The van der Waals surface area contributed by atoms with Crippen molar-refractivity contribution in [3.05, 3.63) is 34.2 Å². The summed E-state index contributed by atoms with van der Waals surface area (Å²) in [5.41, 5.74) is 0. The van der Waals surface area contributed by atoms with E-state index in [0.29, 0.717) is 19.8 Å². The van der Waals surface area contributed by atoms with E-state index in [0.717, 1.165) is 23.5 Å². The summed E-state index contributed by atoms with van der Waals surface area (Å²) in [7, 11) is 1.67. The van der Waals surface area contributed by atoms with Gasteiger partial charge in [-0.15, -0.1) is 11.3 Å². The van der Waals surface area contributed by atoms with Gasteiger partial charge in [-0.25, -0.2) is 0 Å². The fraction of sp³-hybridized carbons (Fsp3) is 0.429. The lowest BCUT2D eigenvalue weighted by molar-refractivity contribution is 0.0719. The molecule has 5 heteroatoms. The van der Waals surface area contributed by atoms with Gasteiger partial charge in [-0.2, -0.15) is 0 Å². The van der Waals surface area contributed by atoms with Crippen molar-refractivity contribution in [2.24, 2.45) is 0 Å². The molecule has 2 rings (SSSR count). The molecule has 0 saturated carbocycles. The van der Waals surface area contributed by atoms with E-state index >= 15 is 0 Å². The van der Waals surface area contributed by atoms with Gasteiger partial charge in [-0.3, -0.25) is 0 Å². The summed E-state index contributed by atoms with van der Waals surface area (Å²) in [4.78, 5) is 1.18. The van der Waals surface area contributed by atoms with Gasteiger partial charge in [-0.1, -0.05) is 29.8 Å². The van der Waals surface area contributed by atoms with Crippen LogP contribution in [0, 0.1) is 0 Å². The third-order valence-electron chi connectivity index (χ3n) is 2.74. The number of hydrogen-bond acceptors (Lipinski definition) is 4. The molecule has 1 heterocycles. The van der Waals surface area contributed by atoms with Gasteiger partial charge in [0.15, 0.2) is 0 Å². The fourth-order valence-corrected chi connectivity index (χ4v) is 3.24. The zero-order valence-electron chi connectivity index (χ0n) is 10.9. The Balaban J connectivity index is 1.77. The molecule has 0 radical (unpaired) electrons. The third kappa shape index (κ3) is 4.16.